The molecule has 0 aromatic carbocycles. The fraction of sp³-hybridized carbons (Fsp3) is 0.842. The van der Waals surface area contributed by atoms with Gasteiger partial charge in [-0.25, -0.2) is 4.79 Å². The first-order valence-electron chi connectivity index (χ1n) is 9.19. The van der Waals surface area contributed by atoms with Crippen LogP contribution in [0.15, 0.2) is 12.2 Å². The van der Waals surface area contributed by atoms with Crippen LogP contribution in [-0.4, -0.2) is 43.2 Å². The molecule has 0 rings (SSSR count). The van der Waals surface area contributed by atoms with Crippen molar-refractivity contribution >= 4 is 5.97 Å². The highest BCUT2D eigenvalue weighted by Crippen LogP contribution is 2.15. The van der Waals surface area contributed by atoms with E-state index < -0.39 is 0 Å². The van der Waals surface area contributed by atoms with Crippen LogP contribution in [0.4, 0.5) is 0 Å². The Morgan fingerprint density at radius 2 is 1.41 bits per heavy atom. The van der Waals surface area contributed by atoms with Gasteiger partial charge >= 0.3 is 5.97 Å². The molecule has 0 amide bonds. The minimum atomic E-state index is -0.259. The van der Waals surface area contributed by atoms with Crippen molar-refractivity contribution in [2.75, 3.05) is 32.8 Å². The van der Waals surface area contributed by atoms with Crippen LogP contribution < -0.4 is 0 Å². The first kappa shape index (κ1) is 21.2. The summed E-state index contributed by atoms with van der Waals surface area (Å²) in [6.07, 6.45) is 8.54. The third kappa shape index (κ3) is 9.24. The fourth-order valence-electron chi connectivity index (χ4n) is 3.15. The monoisotopic (exact) mass is 312 g/mol. The molecule has 0 aliphatic carbocycles. The Hall–Kier alpha value is -0.830. The molecule has 0 unspecified atom stereocenters. The van der Waals surface area contributed by atoms with Crippen molar-refractivity contribution in [3.8, 4) is 0 Å². The van der Waals surface area contributed by atoms with Crippen molar-refractivity contribution in [1.29, 1.82) is 0 Å². The maximum atomic E-state index is 11.4. The summed E-state index contributed by atoms with van der Waals surface area (Å²) in [6.45, 7) is 17.8. The zero-order chi connectivity index (χ0) is 16.8. The van der Waals surface area contributed by atoms with E-state index in [9.17, 15) is 4.79 Å². The van der Waals surface area contributed by atoms with E-state index in [0.29, 0.717) is 12.2 Å². The second-order valence-corrected chi connectivity index (χ2v) is 6.57. The second kappa shape index (κ2) is 12.7. The van der Waals surface area contributed by atoms with Gasteiger partial charge in [-0.3, -0.25) is 0 Å². The number of ether oxygens (including phenoxy) is 1. The number of hydrogen-bond donors (Lipinski definition) is 0. The van der Waals surface area contributed by atoms with Crippen molar-refractivity contribution in [2.24, 2.45) is 0 Å². The summed E-state index contributed by atoms with van der Waals surface area (Å²) in [5.41, 5.74) is 0.488. The average Bonchev–Trinajstić information content (AvgIpc) is 2.47. The van der Waals surface area contributed by atoms with Gasteiger partial charge in [0.25, 0.3) is 0 Å². The molecule has 130 valence electrons. The minimum absolute atomic E-state index is 0.259. The lowest BCUT2D eigenvalue weighted by molar-refractivity contribution is -0.928. The van der Waals surface area contributed by atoms with Gasteiger partial charge in [0.2, 0.25) is 0 Å². The van der Waals surface area contributed by atoms with E-state index in [0.717, 1.165) is 12.8 Å². The van der Waals surface area contributed by atoms with E-state index in [-0.39, 0.29) is 5.97 Å². The zero-order valence-electron chi connectivity index (χ0n) is 15.5. The number of hydrogen-bond acceptors (Lipinski definition) is 2. The van der Waals surface area contributed by atoms with Crippen LogP contribution in [0.25, 0.3) is 0 Å². The number of esters is 1. The van der Waals surface area contributed by atoms with Gasteiger partial charge in [0.05, 0.1) is 32.8 Å². The Balaban J connectivity index is 4.25. The summed E-state index contributed by atoms with van der Waals surface area (Å²) in [5.74, 6) is -0.259. The number of nitrogens with zero attached hydrogens (tertiary/aromatic N) is 1. The minimum Gasteiger partial charge on any atom is -0.462 e. The number of carbonyl (C=O) groups is 1. The third-order valence-corrected chi connectivity index (χ3v) is 4.24. The number of quaternary nitrogens is 1. The van der Waals surface area contributed by atoms with Crippen molar-refractivity contribution in [1.82, 2.24) is 0 Å². The Morgan fingerprint density at radius 1 is 0.864 bits per heavy atom. The molecule has 22 heavy (non-hydrogen) atoms. The van der Waals surface area contributed by atoms with Gasteiger partial charge in [0.15, 0.2) is 0 Å². The summed E-state index contributed by atoms with van der Waals surface area (Å²) in [7, 11) is 0. The SMILES string of the molecule is C=C(C)C(=O)OCCCC[N+](CCC)(CCC)CCCCC. The molecule has 0 saturated heterocycles. The lowest BCUT2D eigenvalue weighted by atomic mass is 10.1. The van der Waals surface area contributed by atoms with Crippen molar-refractivity contribution in [3.63, 3.8) is 0 Å². The van der Waals surface area contributed by atoms with Crippen LogP contribution in [0.1, 0.15) is 72.6 Å². The number of carbonyl (C=O) groups excluding carboxylic acids is 1. The third-order valence-electron chi connectivity index (χ3n) is 4.24. The molecule has 0 fully saturated rings. The highest BCUT2D eigenvalue weighted by Gasteiger charge is 2.24. The summed E-state index contributed by atoms with van der Waals surface area (Å²) in [6, 6.07) is 0. The molecular formula is C19H38NO2+. The van der Waals surface area contributed by atoms with Gasteiger partial charge in [-0.2, -0.15) is 0 Å². The van der Waals surface area contributed by atoms with Gasteiger partial charge in [-0.1, -0.05) is 33.8 Å². The lowest BCUT2D eigenvalue weighted by Crippen LogP contribution is -2.50. The molecule has 3 nitrogen and oxygen atoms in total. The van der Waals surface area contributed by atoms with Crippen molar-refractivity contribution < 1.29 is 14.0 Å². The molecule has 0 aromatic rings. The van der Waals surface area contributed by atoms with E-state index in [2.05, 4.69) is 27.4 Å². The average molecular weight is 313 g/mol. The van der Waals surface area contributed by atoms with Gasteiger partial charge < -0.3 is 9.22 Å². The summed E-state index contributed by atoms with van der Waals surface area (Å²) < 4.78 is 6.44. The van der Waals surface area contributed by atoms with Crippen LogP contribution in [-0.2, 0) is 9.53 Å². The molecule has 0 aliphatic rings. The second-order valence-electron chi connectivity index (χ2n) is 6.57. The molecule has 0 aliphatic heterocycles. The molecule has 0 radical (unpaired) electrons. The number of unbranched alkanes of at least 4 members (excludes halogenated alkanes) is 3. The van der Waals surface area contributed by atoms with E-state index in [1.807, 2.05) is 0 Å². The molecule has 0 heterocycles. The maximum absolute atomic E-state index is 11.4. The zero-order valence-corrected chi connectivity index (χ0v) is 15.5. The Labute approximate surface area is 138 Å². The molecule has 0 bridgehead atoms. The van der Waals surface area contributed by atoms with E-state index in [4.69, 9.17) is 4.74 Å². The van der Waals surface area contributed by atoms with Gasteiger partial charge in [0, 0.05) is 5.57 Å². The Bertz CT molecular complexity index is 307. The molecular weight excluding hydrogens is 274 g/mol. The first-order chi connectivity index (χ1) is 10.5. The van der Waals surface area contributed by atoms with Crippen LogP contribution in [0, 0.1) is 0 Å². The van der Waals surface area contributed by atoms with Crippen LogP contribution in [0.3, 0.4) is 0 Å². The first-order valence-corrected chi connectivity index (χ1v) is 9.19. The van der Waals surface area contributed by atoms with Crippen molar-refractivity contribution in [3.05, 3.63) is 12.2 Å². The summed E-state index contributed by atoms with van der Waals surface area (Å²) in [4.78, 5) is 11.4. The predicted octanol–water partition coefficient (Wildman–Crippen LogP) is 4.71. The highest BCUT2D eigenvalue weighted by atomic mass is 16.5. The van der Waals surface area contributed by atoms with Gasteiger partial charge in [-0.05, 0) is 45.4 Å². The normalized spacial score (nSPS) is 11.5. The Morgan fingerprint density at radius 3 is 1.86 bits per heavy atom. The molecule has 0 spiro atoms. The van der Waals surface area contributed by atoms with E-state index in [1.54, 1.807) is 6.92 Å². The molecule has 3 heteroatoms. The standard InChI is InChI=1S/C19H38NO2/c1-6-9-10-15-20(13-7-2,14-8-3)16-11-12-17-22-19(21)18(4)5/h4,6-17H2,1-3,5H3/q+1. The quantitative estimate of drug-likeness (QED) is 0.201. The smallest absolute Gasteiger partial charge is 0.333 e. The Kier molecular flexibility index (Phi) is 12.2. The fourth-order valence-corrected chi connectivity index (χ4v) is 3.15. The highest BCUT2D eigenvalue weighted by molar-refractivity contribution is 5.86. The predicted molar refractivity (Wildman–Crippen MR) is 94.8 cm³/mol. The number of rotatable bonds is 14. The largest absolute Gasteiger partial charge is 0.462 e. The molecule has 0 aromatic heterocycles. The molecule has 0 N–H and O–H groups in total. The topological polar surface area (TPSA) is 26.3 Å². The lowest BCUT2D eigenvalue weighted by Gasteiger charge is -2.39. The van der Waals surface area contributed by atoms with Crippen LogP contribution in [0.2, 0.25) is 0 Å². The summed E-state index contributed by atoms with van der Waals surface area (Å²) in [5, 5.41) is 0. The van der Waals surface area contributed by atoms with Crippen LogP contribution >= 0.6 is 0 Å². The van der Waals surface area contributed by atoms with Crippen LogP contribution in [0.5, 0.6) is 0 Å². The molecule has 0 atom stereocenters. The summed E-state index contributed by atoms with van der Waals surface area (Å²) >= 11 is 0. The van der Waals surface area contributed by atoms with E-state index in [1.165, 1.54) is 62.8 Å². The molecule has 0 saturated carbocycles. The van der Waals surface area contributed by atoms with Crippen molar-refractivity contribution in [2.45, 2.75) is 72.6 Å². The maximum Gasteiger partial charge on any atom is 0.333 e. The van der Waals surface area contributed by atoms with Gasteiger partial charge in [0.1, 0.15) is 0 Å². The van der Waals surface area contributed by atoms with Gasteiger partial charge in [-0.15, -0.1) is 0 Å². The van der Waals surface area contributed by atoms with E-state index >= 15 is 0 Å².